The highest BCUT2D eigenvalue weighted by atomic mass is 32.2. The molecule has 2 rings (SSSR count). The van der Waals surface area contributed by atoms with Crippen LogP contribution in [0.25, 0.3) is 0 Å². The molecule has 0 spiro atoms. The third-order valence-electron chi connectivity index (χ3n) is 3.92. The maximum atomic E-state index is 12.5. The molecule has 9 heteroatoms. The van der Waals surface area contributed by atoms with Crippen molar-refractivity contribution >= 4 is 25.8 Å². The molecule has 116 valence electrons. The van der Waals surface area contributed by atoms with Crippen molar-refractivity contribution in [2.45, 2.75) is 43.4 Å². The third-order valence-corrected chi connectivity index (χ3v) is 8.28. The van der Waals surface area contributed by atoms with E-state index in [4.69, 9.17) is 5.11 Å². The lowest BCUT2D eigenvalue weighted by Gasteiger charge is -2.35. The number of sulfone groups is 1. The lowest BCUT2D eigenvalue weighted by molar-refractivity contribution is -0.138. The van der Waals surface area contributed by atoms with Gasteiger partial charge in [0.25, 0.3) is 0 Å². The highest BCUT2D eigenvalue weighted by Crippen LogP contribution is 2.29. The van der Waals surface area contributed by atoms with Gasteiger partial charge >= 0.3 is 5.97 Å². The predicted molar refractivity (Wildman–Crippen MR) is 72.6 cm³/mol. The smallest absolute Gasteiger partial charge is 0.304 e. The van der Waals surface area contributed by atoms with Gasteiger partial charge < -0.3 is 5.11 Å². The van der Waals surface area contributed by atoms with E-state index >= 15 is 0 Å². The number of nitrogens with zero attached hydrogens (tertiary/aromatic N) is 1. The Morgan fingerprint density at radius 2 is 1.95 bits per heavy atom. The average molecular weight is 325 g/mol. The van der Waals surface area contributed by atoms with Crippen LogP contribution in [0.5, 0.6) is 0 Å². The number of carboxylic acids is 1. The predicted octanol–water partition coefficient (Wildman–Crippen LogP) is -0.167. The molecule has 0 aromatic rings. The molecule has 0 aromatic carbocycles. The Hall–Kier alpha value is -0.670. The molecule has 20 heavy (non-hydrogen) atoms. The zero-order valence-corrected chi connectivity index (χ0v) is 12.7. The van der Waals surface area contributed by atoms with E-state index in [-0.39, 0.29) is 30.9 Å². The number of carbonyl (C=O) groups is 1. The van der Waals surface area contributed by atoms with Gasteiger partial charge in [-0.25, -0.2) is 16.8 Å². The number of carboxylic acid groups (broad SMARTS) is 1. The van der Waals surface area contributed by atoms with Crippen molar-refractivity contribution < 1.29 is 26.7 Å². The summed E-state index contributed by atoms with van der Waals surface area (Å²) in [5, 5.41) is 7.97. The first kappa shape index (κ1) is 15.7. The number of hydrogen-bond acceptors (Lipinski definition) is 5. The topological polar surface area (TPSA) is 109 Å². The van der Waals surface area contributed by atoms with Gasteiger partial charge in [-0.3, -0.25) is 4.79 Å². The van der Waals surface area contributed by atoms with Gasteiger partial charge in [0, 0.05) is 12.6 Å². The highest BCUT2D eigenvalue weighted by Gasteiger charge is 2.43. The summed E-state index contributed by atoms with van der Waals surface area (Å²) in [4.78, 5) is 10.8. The van der Waals surface area contributed by atoms with Crippen molar-refractivity contribution in [3.05, 3.63) is 0 Å². The summed E-state index contributed by atoms with van der Waals surface area (Å²) >= 11 is 0. The zero-order valence-electron chi connectivity index (χ0n) is 11.1. The molecule has 1 N–H and O–H groups in total. The van der Waals surface area contributed by atoms with E-state index in [2.05, 4.69) is 0 Å². The molecule has 0 bridgehead atoms. The summed E-state index contributed by atoms with van der Waals surface area (Å²) in [5.74, 6) is -1.48. The van der Waals surface area contributed by atoms with Crippen LogP contribution in [-0.4, -0.2) is 61.6 Å². The van der Waals surface area contributed by atoms with E-state index in [1.165, 1.54) is 4.31 Å². The summed E-state index contributed by atoms with van der Waals surface area (Å²) in [5.41, 5.74) is 0. The summed E-state index contributed by atoms with van der Waals surface area (Å²) in [6, 6.07) is -0.547. The molecule has 0 aromatic heterocycles. The normalized spacial score (nSPS) is 31.2. The number of rotatable bonds is 4. The summed E-state index contributed by atoms with van der Waals surface area (Å²) in [7, 11) is -7.02. The van der Waals surface area contributed by atoms with Crippen LogP contribution >= 0.6 is 0 Å². The highest BCUT2D eigenvalue weighted by molar-refractivity contribution is 7.95. The van der Waals surface area contributed by atoms with E-state index in [1.54, 1.807) is 0 Å². The molecule has 2 aliphatic heterocycles. The van der Waals surface area contributed by atoms with Crippen molar-refractivity contribution in [2.24, 2.45) is 0 Å². The van der Waals surface area contributed by atoms with Crippen LogP contribution < -0.4 is 0 Å². The van der Waals surface area contributed by atoms with Crippen LogP contribution in [0.2, 0.25) is 0 Å². The fraction of sp³-hybridized carbons (Fsp3) is 0.909. The molecule has 0 amide bonds. The molecule has 2 saturated heterocycles. The first-order valence-electron chi connectivity index (χ1n) is 6.65. The minimum absolute atomic E-state index is 0.103. The second kappa shape index (κ2) is 5.61. The zero-order chi connectivity index (χ0) is 15.0. The Bertz CT molecular complexity index is 582. The molecule has 2 atom stereocenters. The lowest BCUT2D eigenvalue weighted by atomic mass is 10.0. The van der Waals surface area contributed by atoms with Gasteiger partial charge in [0.05, 0.1) is 23.2 Å². The first-order chi connectivity index (χ1) is 9.22. The molecule has 2 aliphatic rings. The van der Waals surface area contributed by atoms with Gasteiger partial charge in [0.1, 0.15) is 0 Å². The van der Waals surface area contributed by atoms with Crippen LogP contribution in [-0.2, 0) is 24.7 Å². The maximum Gasteiger partial charge on any atom is 0.304 e. The van der Waals surface area contributed by atoms with Crippen LogP contribution in [0, 0.1) is 0 Å². The first-order valence-corrected chi connectivity index (χ1v) is 9.98. The average Bonchev–Trinajstić information content (AvgIpc) is 2.70. The molecule has 0 aliphatic carbocycles. The standard InChI is InChI=1S/C11H19NO6S2/c13-11(14)7-9-3-1-2-5-12(9)20(17,18)10-4-6-19(15,16)8-10/h9-10H,1-8H2,(H,13,14). The summed E-state index contributed by atoms with van der Waals surface area (Å²) in [6.45, 7) is 0.289. The van der Waals surface area contributed by atoms with Crippen molar-refractivity contribution in [1.29, 1.82) is 0 Å². The van der Waals surface area contributed by atoms with Crippen molar-refractivity contribution in [3.8, 4) is 0 Å². The second-order valence-corrected chi connectivity index (χ2v) is 9.82. The van der Waals surface area contributed by atoms with E-state index in [0.717, 1.165) is 6.42 Å². The molecular formula is C11H19NO6S2. The van der Waals surface area contributed by atoms with E-state index in [0.29, 0.717) is 12.8 Å². The minimum atomic E-state index is -3.74. The van der Waals surface area contributed by atoms with Gasteiger partial charge in [0.15, 0.2) is 9.84 Å². The van der Waals surface area contributed by atoms with Crippen molar-refractivity contribution in [3.63, 3.8) is 0 Å². The summed E-state index contributed by atoms with van der Waals surface area (Å²) in [6.07, 6.45) is 1.90. The van der Waals surface area contributed by atoms with E-state index < -0.39 is 37.1 Å². The van der Waals surface area contributed by atoms with Crippen LogP contribution in [0.15, 0.2) is 0 Å². The van der Waals surface area contributed by atoms with Gasteiger partial charge in [-0.15, -0.1) is 0 Å². The van der Waals surface area contributed by atoms with E-state index in [1.807, 2.05) is 0 Å². The largest absolute Gasteiger partial charge is 0.481 e. The monoisotopic (exact) mass is 325 g/mol. The molecular weight excluding hydrogens is 306 g/mol. The second-order valence-electron chi connectivity index (χ2n) is 5.43. The Kier molecular flexibility index (Phi) is 4.41. The number of hydrogen-bond donors (Lipinski definition) is 1. The van der Waals surface area contributed by atoms with Crippen molar-refractivity contribution in [1.82, 2.24) is 4.31 Å². The quantitative estimate of drug-likeness (QED) is 0.769. The Labute approximate surface area is 118 Å². The van der Waals surface area contributed by atoms with Gasteiger partial charge in [-0.2, -0.15) is 4.31 Å². The molecule has 2 unspecified atom stereocenters. The summed E-state index contributed by atoms with van der Waals surface area (Å²) < 4.78 is 49.2. The SMILES string of the molecule is O=C(O)CC1CCCCN1S(=O)(=O)C1CCS(=O)(=O)C1. The fourth-order valence-electron chi connectivity index (χ4n) is 2.90. The Morgan fingerprint density at radius 3 is 2.50 bits per heavy atom. The van der Waals surface area contributed by atoms with Crippen LogP contribution in [0.3, 0.4) is 0 Å². The van der Waals surface area contributed by atoms with Crippen LogP contribution in [0.1, 0.15) is 32.1 Å². The molecule has 7 nitrogen and oxygen atoms in total. The Balaban J connectivity index is 2.20. The number of piperidine rings is 1. The van der Waals surface area contributed by atoms with Gasteiger partial charge in [-0.05, 0) is 19.3 Å². The van der Waals surface area contributed by atoms with Gasteiger partial charge in [0.2, 0.25) is 10.0 Å². The van der Waals surface area contributed by atoms with Crippen LogP contribution in [0.4, 0.5) is 0 Å². The fourth-order valence-corrected chi connectivity index (χ4v) is 7.68. The molecule has 0 saturated carbocycles. The molecule has 2 heterocycles. The lowest BCUT2D eigenvalue weighted by Crippen LogP contribution is -2.48. The van der Waals surface area contributed by atoms with Gasteiger partial charge in [-0.1, -0.05) is 6.42 Å². The van der Waals surface area contributed by atoms with Crippen molar-refractivity contribution in [2.75, 3.05) is 18.1 Å². The van der Waals surface area contributed by atoms with E-state index in [9.17, 15) is 21.6 Å². The number of aliphatic carboxylic acids is 1. The Morgan fingerprint density at radius 1 is 1.25 bits per heavy atom. The molecule has 0 radical (unpaired) electrons. The number of sulfonamides is 1. The minimum Gasteiger partial charge on any atom is -0.481 e. The molecule has 2 fully saturated rings. The third kappa shape index (κ3) is 3.32. The maximum absolute atomic E-state index is 12.5.